The van der Waals surface area contributed by atoms with Gasteiger partial charge in [-0.2, -0.15) is 0 Å². The number of carbonyl (C=O) groups is 1. The Bertz CT molecular complexity index is 961. The van der Waals surface area contributed by atoms with Gasteiger partial charge in [0.2, 0.25) is 5.89 Å². The Morgan fingerprint density at radius 3 is 2.69 bits per heavy atom. The average molecular weight is 372 g/mol. The second-order valence-corrected chi connectivity index (χ2v) is 5.99. The molecule has 1 amide bonds. The van der Waals surface area contributed by atoms with Crippen molar-refractivity contribution in [2.24, 2.45) is 0 Å². The van der Waals surface area contributed by atoms with Crippen LogP contribution in [0.4, 0.5) is 11.0 Å². The highest BCUT2D eigenvalue weighted by Gasteiger charge is 2.11. The number of nitrogens with one attached hydrogen (secondary N) is 1. The summed E-state index contributed by atoms with van der Waals surface area (Å²) in [6.45, 7) is 0. The van der Waals surface area contributed by atoms with Crippen LogP contribution in [0.1, 0.15) is 4.88 Å². The average Bonchev–Trinajstić information content (AvgIpc) is 3.30. The van der Waals surface area contributed by atoms with Crippen molar-refractivity contribution in [3.63, 3.8) is 0 Å². The van der Waals surface area contributed by atoms with E-state index in [9.17, 15) is 14.9 Å². The number of nitrogens with zero attached hydrogens (tertiary/aromatic N) is 3. The second kappa shape index (κ2) is 7.57. The van der Waals surface area contributed by atoms with E-state index in [-0.39, 0.29) is 16.9 Å². The highest BCUT2D eigenvalue weighted by Crippen LogP contribution is 2.25. The Kier molecular flexibility index (Phi) is 5.04. The standard InChI is InChI=1S/C16H12N4O5S/c1-24-11-4-2-10(3-5-11)15-18-19-16(25-15)17-13(21)8-6-12-7-9-14(26-12)20(22)23/h2-9H,1H3,(H,17,19,21). The first-order valence-electron chi connectivity index (χ1n) is 7.26. The van der Waals surface area contributed by atoms with Gasteiger partial charge >= 0.3 is 11.0 Å². The fourth-order valence-corrected chi connectivity index (χ4v) is 2.68. The first-order valence-corrected chi connectivity index (χ1v) is 8.08. The number of thiophene rings is 1. The summed E-state index contributed by atoms with van der Waals surface area (Å²) in [7, 11) is 1.57. The van der Waals surface area contributed by atoms with Crippen LogP contribution in [0, 0.1) is 10.1 Å². The van der Waals surface area contributed by atoms with Gasteiger partial charge in [0.05, 0.1) is 12.0 Å². The lowest BCUT2D eigenvalue weighted by molar-refractivity contribution is -0.380. The van der Waals surface area contributed by atoms with E-state index < -0.39 is 10.8 Å². The van der Waals surface area contributed by atoms with Crippen molar-refractivity contribution in [3.05, 3.63) is 57.5 Å². The maximum absolute atomic E-state index is 11.9. The van der Waals surface area contributed by atoms with Gasteiger partial charge in [0, 0.05) is 22.6 Å². The minimum atomic E-state index is -0.494. The van der Waals surface area contributed by atoms with Crippen LogP contribution in [-0.4, -0.2) is 28.1 Å². The smallest absolute Gasteiger partial charge is 0.324 e. The maximum atomic E-state index is 11.9. The molecule has 0 aliphatic heterocycles. The zero-order chi connectivity index (χ0) is 18.5. The molecule has 3 aromatic rings. The molecule has 9 nitrogen and oxygen atoms in total. The first kappa shape index (κ1) is 17.3. The van der Waals surface area contributed by atoms with Crippen LogP contribution in [0.15, 0.2) is 46.9 Å². The van der Waals surface area contributed by atoms with Gasteiger partial charge in [0.25, 0.3) is 5.91 Å². The molecule has 10 heteroatoms. The molecule has 1 N–H and O–H groups in total. The number of ether oxygens (including phenoxy) is 1. The SMILES string of the molecule is COc1ccc(-c2nnc(NC(=O)C=Cc3ccc([N+](=O)[O-])s3)o2)cc1. The number of benzene rings is 1. The van der Waals surface area contributed by atoms with Gasteiger partial charge in [-0.3, -0.25) is 20.2 Å². The van der Waals surface area contributed by atoms with Gasteiger partial charge in [-0.1, -0.05) is 16.4 Å². The number of hydrogen-bond donors (Lipinski definition) is 1. The lowest BCUT2D eigenvalue weighted by Crippen LogP contribution is -2.07. The summed E-state index contributed by atoms with van der Waals surface area (Å²) >= 11 is 0.966. The summed E-state index contributed by atoms with van der Waals surface area (Å²) in [6, 6.07) is 9.88. The fraction of sp³-hybridized carbons (Fsp3) is 0.0625. The van der Waals surface area contributed by atoms with E-state index in [4.69, 9.17) is 9.15 Å². The monoisotopic (exact) mass is 372 g/mol. The van der Waals surface area contributed by atoms with Gasteiger partial charge in [0.15, 0.2) is 0 Å². The van der Waals surface area contributed by atoms with Crippen LogP contribution in [0.2, 0.25) is 0 Å². The molecule has 0 aliphatic carbocycles. The molecule has 0 unspecified atom stereocenters. The molecule has 2 heterocycles. The van der Waals surface area contributed by atoms with Crippen molar-refractivity contribution in [1.29, 1.82) is 0 Å². The quantitative estimate of drug-likeness (QED) is 0.400. The zero-order valence-electron chi connectivity index (χ0n) is 13.4. The number of rotatable bonds is 6. The van der Waals surface area contributed by atoms with Gasteiger partial charge < -0.3 is 9.15 Å². The van der Waals surface area contributed by atoms with E-state index in [0.717, 1.165) is 11.3 Å². The van der Waals surface area contributed by atoms with E-state index in [1.165, 1.54) is 18.2 Å². The van der Waals surface area contributed by atoms with Gasteiger partial charge in [-0.25, -0.2) is 0 Å². The van der Waals surface area contributed by atoms with Crippen LogP contribution in [0.5, 0.6) is 5.75 Å². The van der Waals surface area contributed by atoms with Crippen LogP contribution in [0.25, 0.3) is 17.5 Å². The lowest BCUT2D eigenvalue weighted by Gasteiger charge is -1.99. The Morgan fingerprint density at radius 1 is 1.27 bits per heavy atom. The van der Waals surface area contributed by atoms with Crippen molar-refractivity contribution in [2.45, 2.75) is 0 Å². The summed E-state index contributed by atoms with van der Waals surface area (Å²) in [6.07, 6.45) is 2.70. The molecule has 0 fully saturated rings. The van der Waals surface area contributed by atoms with E-state index in [2.05, 4.69) is 15.5 Å². The number of anilines is 1. The van der Waals surface area contributed by atoms with E-state index in [1.54, 1.807) is 37.4 Å². The van der Waals surface area contributed by atoms with Gasteiger partial charge in [-0.05, 0) is 36.4 Å². The molecule has 0 saturated heterocycles. The molecular weight excluding hydrogens is 360 g/mol. The Labute approximate surface area is 151 Å². The molecule has 0 aliphatic rings. The van der Waals surface area contributed by atoms with Crippen LogP contribution in [-0.2, 0) is 4.79 Å². The van der Waals surface area contributed by atoms with E-state index >= 15 is 0 Å². The number of nitro groups is 1. The molecule has 0 atom stereocenters. The number of methoxy groups -OCH3 is 1. The fourth-order valence-electron chi connectivity index (χ4n) is 1.96. The molecule has 26 heavy (non-hydrogen) atoms. The summed E-state index contributed by atoms with van der Waals surface area (Å²) < 4.78 is 10.5. The molecule has 3 rings (SSSR count). The van der Waals surface area contributed by atoms with Crippen LogP contribution >= 0.6 is 11.3 Å². The Hall–Kier alpha value is -3.53. The Morgan fingerprint density at radius 2 is 2.04 bits per heavy atom. The minimum absolute atomic E-state index is 0.00564. The van der Waals surface area contributed by atoms with E-state index in [0.29, 0.717) is 16.2 Å². The lowest BCUT2D eigenvalue weighted by atomic mass is 10.2. The zero-order valence-corrected chi connectivity index (χ0v) is 14.2. The predicted octanol–water partition coefficient (Wildman–Crippen LogP) is 3.37. The summed E-state index contributed by atoms with van der Waals surface area (Å²) in [5, 5.41) is 20.7. The number of carbonyl (C=O) groups excluding carboxylic acids is 1. The third-order valence-electron chi connectivity index (χ3n) is 3.18. The van der Waals surface area contributed by atoms with Gasteiger partial charge in [0.1, 0.15) is 5.75 Å². The van der Waals surface area contributed by atoms with Crippen LogP contribution in [0.3, 0.4) is 0 Å². The third-order valence-corrected chi connectivity index (χ3v) is 4.19. The molecule has 1 aromatic carbocycles. The van der Waals surface area contributed by atoms with Crippen molar-refractivity contribution in [3.8, 4) is 17.2 Å². The molecule has 132 valence electrons. The van der Waals surface area contributed by atoms with Crippen molar-refractivity contribution in [1.82, 2.24) is 10.2 Å². The molecular formula is C16H12N4O5S. The minimum Gasteiger partial charge on any atom is -0.497 e. The maximum Gasteiger partial charge on any atom is 0.324 e. The van der Waals surface area contributed by atoms with Crippen molar-refractivity contribution in [2.75, 3.05) is 12.4 Å². The predicted molar refractivity (Wildman–Crippen MR) is 94.9 cm³/mol. The first-order chi connectivity index (χ1) is 12.5. The Balaban J connectivity index is 1.63. The molecule has 0 spiro atoms. The molecule has 0 bridgehead atoms. The third kappa shape index (κ3) is 4.11. The van der Waals surface area contributed by atoms with Crippen molar-refractivity contribution >= 4 is 34.3 Å². The van der Waals surface area contributed by atoms with E-state index in [1.807, 2.05) is 0 Å². The number of amides is 1. The number of hydrogen-bond acceptors (Lipinski definition) is 8. The molecule has 0 saturated carbocycles. The summed E-state index contributed by atoms with van der Waals surface area (Å²) in [5.41, 5.74) is 0.681. The van der Waals surface area contributed by atoms with Crippen LogP contribution < -0.4 is 10.1 Å². The topological polar surface area (TPSA) is 120 Å². The summed E-state index contributed by atoms with van der Waals surface area (Å²) in [4.78, 5) is 22.6. The number of aromatic nitrogens is 2. The highest BCUT2D eigenvalue weighted by atomic mass is 32.1. The van der Waals surface area contributed by atoms with Crippen molar-refractivity contribution < 1.29 is 18.9 Å². The normalized spacial score (nSPS) is 10.8. The summed E-state index contributed by atoms with van der Waals surface area (Å²) in [5.74, 6) is 0.451. The highest BCUT2D eigenvalue weighted by molar-refractivity contribution is 7.16. The molecule has 0 radical (unpaired) electrons. The largest absolute Gasteiger partial charge is 0.497 e. The van der Waals surface area contributed by atoms with Gasteiger partial charge in [-0.15, -0.1) is 5.10 Å². The molecule has 2 aromatic heterocycles. The second-order valence-electron chi connectivity index (χ2n) is 4.90.